The maximum absolute atomic E-state index is 12.1. The molecule has 2 aliphatic heterocycles. The molecule has 0 aromatic carbocycles. The van der Waals surface area contributed by atoms with Crippen LogP contribution in [0.1, 0.15) is 19.8 Å². The highest BCUT2D eigenvalue weighted by Gasteiger charge is 2.41. The van der Waals surface area contributed by atoms with E-state index in [1.807, 2.05) is 6.92 Å². The zero-order chi connectivity index (χ0) is 11.7. The molecule has 2 unspecified atom stereocenters. The Hall–Kier alpha value is -0.710. The van der Waals surface area contributed by atoms with Gasteiger partial charge < -0.3 is 9.80 Å². The van der Waals surface area contributed by atoms with Crippen LogP contribution in [-0.2, 0) is 9.59 Å². The summed E-state index contributed by atoms with van der Waals surface area (Å²) in [6, 6.07) is -0.173. The van der Waals surface area contributed by atoms with Crippen molar-refractivity contribution in [1.82, 2.24) is 9.80 Å². The van der Waals surface area contributed by atoms with Crippen molar-refractivity contribution in [2.45, 2.75) is 25.8 Å². The van der Waals surface area contributed by atoms with Crippen LogP contribution in [0.5, 0.6) is 0 Å². The molecule has 0 spiro atoms. The monoisotopic (exact) mass is 242 g/mol. The molecule has 2 heterocycles. The molecular weight excluding hydrogens is 224 g/mol. The fourth-order valence-electron chi connectivity index (χ4n) is 2.45. The van der Waals surface area contributed by atoms with Gasteiger partial charge >= 0.3 is 0 Å². The van der Waals surface area contributed by atoms with Crippen molar-refractivity contribution in [2.24, 2.45) is 5.92 Å². The van der Waals surface area contributed by atoms with E-state index in [4.69, 9.17) is 0 Å². The van der Waals surface area contributed by atoms with Crippen LogP contribution in [0.2, 0.25) is 0 Å². The van der Waals surface area contributed by atoms with Crippen molar-refractivity contribution in [2.75, 3.05) is 25.4 Å². The van der Waals surface area contributed by atoms with Crippen LogP contribution in [-0.4, -0.2) is 53.0 Å². The molecule has 0 aromatic heterocycles. The molecule has 0 N–H and O–H groups in total. The second kappa shape index (κ2) is 4.65. The Labute approximate surface area is 101 Å². The fourth-order valence-corrected chi connectivity index (χ4v) is 2.57. The molecule has 0 bridgehead atoms. The average Bonchev–Trinajstić information content (AvgIpc) is 2.74. The number of thiol groups is 1. The molecular formula is C11H18N2O2S. The second-order valence-corrected chi connectivity index (χ2v) is 5.12. The van der Waals surface area contributed by atoms with E-state index in [9.17, 15) is 9.59 Å². The average molecular weight is 242 g/mol. The molecule has 16 heavy (non-hydrogen) atoms. The fraction of sp³-hybridized carbons (Fsp3) is 0.818. The number of hydrogen-bond acceptors (Lipinski definition) is 3. The van der Waals surface area contributed by atoms with E-state index in [1.54, 1.807) is 9.80 Å². The van der Waals surface area contributed by atoms with E-state index in [-0.39, 0.29) is 24.4 Å². The van der Waals surface area contributed by atoms with E-state index in [1.165, 1.54) is 0 Å². The molecule has 0 saturated carbocycles. The predicted octanol–water partition coefficient (Wildman–Crippen LogP) is 0.385. The molecule has 0 aliphatic carbocycles. The number of nitrogens with zero attached hydrogens (tertiary/aromatic N) is 2. The van der Waals surface area contributed by atoms with E-state index < -0.39 is 0 Å². The van der Waals surface area contributed by atoms with Crippen molar-refractivity contribution in [3.8, 4) is 0 Å². The summed E-state index contributed by atoms with van der Waals surface area (Å²) < 4.78 is 0. The van der Waals surface area contributed by atoms with Crippen LogP contribution < -0.4 is 0 Å². The third-order valence-electron chi connectivity index (χ3n) is 3.34. The van der Waals surface area contributed by atoms with E-state index in [0.717, 1.165) is 25.1 Å². The Kier molecular flexibility index (Phi) is 3.42. The molecule has 5 heteroatoms. The normalized spacial score (nSPS) is 27.2. The third-order valence-corrected chi connectivity index (χ3v) is 3.96. The summed E-state index contributed by atoms with van der Waals surface area (Å²) >= 11 is 4.21. The van der Waals surface area contributed by atoms with Gasteiger partial charge in [-0.25, -0.2) is 0 Å². The lowest BCUT2D eigenvalue weighted by Crippen LogP contribution is -2.58. The van der Waals surface area contributed by atoms with Gasteiger partial charge in [0.15, 0.2) is 0 Å². The zero-order valence-corrected chi connectivity index (χ0v) is 10.4. The number of hydrogen-bond donors (Lipinski definition) is 1. The maximum Gasteiger partial charge on any atom is 0.245 e. The van der Waals surface area contributed by atoms with Crippen molar-refractivity contribution in [1.29, 1.82) is 0 Å². The second-order valence-electron chi connectivity index (χ2n) is 4.75. The van der Waals surface area contributed by atoms with Crippen molar-refractivity contribution in [3.05, 3.63) is 0 Å². The van der Waals surface area contributed by atoms with Crippen molar-refractivity contribution in [3.63, 3.8) is 0 Å². The molecule has 90 valence electrons. The van der Waals surface area contributed by atoms with Crippen molar-refractivity contribution < 1.29 is 9.59 Å². The van der Waals surface area contributed by atoms with Crippen LogP contribution in [0, 0.1) is 5.92 Å². The summed E-state index contributed by atoms with van der Waals surface area (Å²) in [5.74, 6) is 1.32. The van der Waals surface area contributed by atoms with Gasteiger partial charge in [0.2, 0.25) is 11.8 Å². The van der Waals surface area contributed by atoms with Gasteiger partial charge in [0.05, 0.1) is 6.54 Å². The van der Waals surface area contributed by atoms with Gasteiger partial charge in [-0.3, -0.25) is 9.59 Å². The number of carbonyl (C=O) groups excluding carboxylic acids is 2. The SMILES string of the molecule is CC(CS)CN1CC(=O)N2CCCC2C1=O. The lowest BCUT2D eigenvalue weighted by Gasteiger charge is -2.37. The largest absolute Gasteiger partial charge is 0.331 e. The first-order valence-electron chi connectivity index (χ1n) is 5.82. The molecule has 2 fully saturated rings. The lowest BCUT2D eigenvalue weighted by atomic mass is 10.1. The Balaban J connectivity index is 2.05. The quantitative estimate of drug-likeness (QED) is 0.727. The van der Waals surface area contributed by atoms with E-state index in [2.05, 4.69) is 12.6 Å². The Morgan fingerprint density at radius 2 is 2.25 bits per heavy atom. The van der Waals surface area contributed by atoms with E-state index >= 15 is 0 Å². The summed E-state index contributed by atoms with van der Waals surface area (Å²) in [4.78, 5) is 27.4. The molecule has 2 aliphatic rings. The van der Waals surface area contributed by atoms with Gasteiger partial charge in [-0.15, -0.1) is 0 Å². The highest BCUT2D eigenvalue weighted by Crippen LogP contribution is 2.24. The predicted molar refractivity (Wildman–Crippen MR) is 64.3 cm³/mol. The van der Waals surface area contributed by atoms with Crippen LogP contribution in [0.3, 0.4) is 0 Å². The first-order chi connectivity index (χ1) is 7.63. The third kappa shape index (κ3) is 2.05. The lowest BCUT2D eigenvalue weighted by molar-refractivity contribution is -0.153. The highest BCUT2D eigenvalue weighted by molar-refractivity contribution is 7.80. The van der Waals surface area contributed by atoms with Gasteiger partial charge in [-0.05, 0) is 24.5 Å². The van der Waals surface area contributed by atoms with Crippen LogP contribution in [0.25, 0.3) is 0 Å². The summed E-state index contributed by atoms with van der Waals surface area (Å²) in [5.41, 5.74) is 0. The molecule has 2 amide bonds. The molecule has 2 rings (SSSR count). The first kappa shape index (κ1) is 11.8. The zero-order valence-electron chi connectivity index (χ0n) is 9.56. The van der Waals surface area contributed by atoms with Gasteiger partial charge in [0.25, 0.3) is 0 Å². The van der Waals surface area contributed by atoms with Crippen LogP contribution in [0.4, 0.5) is 0 Å². The molecule has 2 saturated heterocycles. The van der Waals surface area contributed by atoms with Crippen molar-refractivity contribution >= 4 is 24.4 Å². The topological polar surface area (TPSA) is 40.6 Å². The number of piperazine rings is 1. The molecule has 0 aromatic rings. The minimum atomic E-state index is -0.173. The Bertz CT molecular complexity index is 308. The Morgan fingerprint density at radius 1 is 1.50 bits per heavy atom. The molecule has 2 atom stereocenters. The highest BCUT2D eigenvalue weighted by atomic mass is 32.1. The number of fused-ring (bicyclic) bond motifs is 1. The number of carbonyl (C=O) groups is 2. The molecule has 0 radical (unpaired) electrons. The summed E-state index contributed by atoms with van der Waals surface area (Å²) in [6.45, 7) is 3.71. The van der Waals surface area contributed by atoms with Gasteiger partial charge in [0.1, 0.15) is 6.04 Å². The molecule has 4 nitrogen and oxygen atoms in total. The first-order valence-corrected chi connectivity index (χ1v) is 6.46. The van der Waals surface area contributed by atoms with Crippen LogP contribution in [0.15, 0.2) is 0 Å². The maximum atomic E-state index is 12.1. The van der Waals surface area contributed by atoms with Crippen LogP contribution >= 0.6 is 12.6 Å². The summed E-state index contributed by atoms with van der Waals surface area (Å²) in [5, 5.41) is 0. The minimum Gasteiger partial charge on any atom is -0.331 e. The smallest absolute Gasteiger partial charge is 0.245 e. The summed E-state index contributed by atoms with van der Waals surface area (Å²) in [6.07, 6.45) is 1.79. The Morgan fingerprint density at radius 3 is 2.94 bits per heavy atom. The summed E-state index contributed by atoms with van der Waals surface area (Å²) in [7, 11) is 0. The van der Waals surface area contributed by atoms with Gasteiger partial charge in [-0.2, -0.15) is 12.6 Å². The van der Waals surface area contributed by atoms with E-state index in [0.29, 0.717) is 12.5 Å². The standard InChI is InChI=1S/C11H18N2O2S/c1-8(7-16)5-12-6-10(14)13-4-2-3-9(13)11(12)15/h8-9,16H,2-7H2,1H3. The minimum absolute atomic E-state index is 0.105. The van der Waals surface area contributed by atoms with Gasteiger partial charge in [0, 0.05) is 13.1 Å². The number of amides is 2. The number of rotatable bonds is 3. The van der Waals surface area contributed by atoms with Gasteiger partial charge in [-0.1, -0.05) is 6.92 Å².